The van der Waals surface area contributed by atoms with Gasteiger partial charge >= 0.3 is 0 Å². The molecule has 1 unspecified atom stereocenters. The minimum Gasteiger partial charge on any atom is -0.456 e. The normalized spacial score (nSPS) is 12.2. The maximum atomic E-state index is 6.02. The van der Waals surface area contributed by atoms with Gasteiger partial charge in [0.25, 0.3) is 0 Å². The molecule has 2 nitrogen and oxygen atoms in total. The van der Waals surface area contributed by atoms with Crippen LogP contribution in [0.15, 0.2) is 53.0 Å². The molecule has 19 heavy (non-hydrogen) atoms. The summed E-state index contributed by atoms with van der Waals surface area (Å²) in [5.41, 5.74) is 1.17. The summed E-state index contributed by atoms with van der Waals surface area (Å²) >= 11 is 3.51. The second kappa shape index (κ2) is 6.73. The van der Waals surface area contributed by atoms with Gasteiger partial charge in [0.2, 0.25) is 0 Å². The first-order chi connectivity index (χ1) is 9.22. The third-order valence-electron chi connectivity index (χ3n) is 2.95. The van der Waals surface area contributed by atoms with E-state index in [9.17, 15) is 0 Å². The molecule has 0 spiro atoms. The maximum Gasteiger partial charge on any atom is 0.141 e. The Balaban J connectivity index is 2.28. The summed E-state index contributed by atoms with van der Waals surface area (Å²) in [6.45, 7) is 5.18. The van der Waals surface area contributed by atoms with E-state index in [-0.39, 0.29) is 6.04 Å². The summed E-state index contributed by atoms with van der Waals surface area (Å²) in [4.78, 5) is 0. The van der Waals surface area contributed by atoms with Crippen molar-refractivity contribution in [2.75, 3.05) is 6.54 Å². The van der Waals surface area contributed by atoms with E-state index >= 15 is 0 Å². The van der Waals surface area contributed by atoms with E-state index in [1.165, 1.54) is 5.56 Å². The molecule has 0 heterocycles. The van der Waals surface area contributed by atoms with Gasteiger partial charge in [-0.3, -0.25) is 0 Å². The van der Waals surface area contributed by atoms with Crippen LogP contribution in [0.4, 0.5) is 0 Å². The fourth-order valence-electron chi connectivity index (χ4n) is 1.99. The Bertz CT molecular complexity index is 542. The standard InChI is InChI=1S/C16H18BrNO/c1-3-18-12(2)13-8-4-6-10-15(13)19-16-11-7-5-9-14(16)17/h4-12,18H,3H2,1-2H3. The van der Waals surface area contributed by atoms with Crippen LogP contribution in [0.5, 0.6) is 11.5 Å². The SMILES string of the molecule is CCNC(C)c1ccccc1Oc1ccccc1Br. The molecule has 1 N–H and O–H groups in total. The van der Waals surface area contributed by atoms with E-state index in [0.29, 0.717) is 0 Å². The minimum atomic E-state index is 0.267. The Morgan fingerprint density at radius 3 is 2.37 bits per heavy atom. The van der Waals surface area contributed by atoms with Crippen LogP contribution in [0.25, 0.3) is 0 Å². The summed E-state index contributed by atoms with van der Waals surface area (Å²) in [7, 11) is 0. The third kappa shape index (κ3) is 3.58. The molecule has 0 aliphatic carbocycles. The van der Waals surface area contributed by atoms with E-state index in [4.69, 9.17) is 4.74 Å². The molecule has 100 valence electrons. The number of halogens is 1. The van der Waals surface area contributed by atoms with Crippen LogP contribution in [0.2, 0.25) is 0 Å². The predicted molar refractivity (Wildman–Crippen MR) is 82.7 cm³/mol. The smallest absolute Gasteiger partial charge is 0.141 e. The molecule has 0 amide bonds. The molecule has 0 bridgehead atoms. The predicted octanol–water partition coefficient (Wildman–Crippen LogP) is 4.91. The van der Waals surface area contributed by atoms with Crippen LogP contribution in [0.1, 0.15) is 25.5 Å². The second-order valence-electron chi connectivity index (χ2n) is 4.35. The number of para-hydroxylation sites is 2. The zero-order valence-corrected chi connectivity index (χ0v) is 12.8. The fraction of sp³-hybridized carbons (Fsp3) is 0.250. The van der Waals surface area contributed by atoms with Gasteiger partial charge in [0.1, 0.15) is 11.5 Å². The summed E-state index contributed by atoms with van der Waals surface area (Å²) in [6.07, 6.45) is 0. The molecule has 0 radical (unpaired) electrons. The molecule has 3 heteroatoms. The monoisotopic (exact) mass is 319 g/mol. The number of hydrogen-bond acceptors (Lipinski definition) is 2. The van der Waals surface area contributed by atoms with Gasteiger partial charge in [0.05, 0.1) is 4.47 Å². The Labute approximate surface area is 122 Å². The first kappa shape index (κ1) is 14.1. The molecule has 1 atom stereocenters. The fourth-order valence-corrected chi connectivity index (χ4v) is 2.36. The quantitative estimate of drug-likeness (QED) is 0.845. The highest BCUT2D eigenvalue weighted by Gasteiger charge is 2.11. The zero-order valence-electron chi connectivity index (χ0n) is 11.2. The molecule has 2 rings (SSSR count). The highest BCUT2D eigenvalue weighted by Crippen LogP contribution is 2.33. The van der Waals surface area contributed by atoms with Crippen molar-refractivity contribution in [1.29, 1.82) is 0 Å². The van der Waals surface area contributed by atoms with Gasteiger partial charge in [-0.1, -0.05) is 37.3 Å². The lowest BCUT2D eigenvalue weighted by Gasteiger charge is -2.17. The Hall–Kier alpha value is -1.32. The van der Waals surface area contributed by atoms with Crippen molar-refractivity contribution in [3.63, 3.8) is 0 Å². The van der Waals surface area contributed by atoms with Gasteiger partial charge in [-0.05, 0) is 47.6 Å². The molecular weight excluding hydrogens is 302 g/mol. The number of nitrogens with one attached hydrogen (secondary N) is 1. The van der Waals surface area contributed by atoms with Gasteiger partial charge in [0, 0.05) is 11.6 Å². The zero-order chi connectivity index (χ0) is 13.7. The molecule has 0 saturated heterocycles. The summed E-state index contributed by atoms with van der Waals surface area (Å²) in [5, 5.41) is 3.41. The summed E-state index contributed by atoms with van der Waals surface area (Å²) < 4.78 is 6.98. The van der Waals surface area contributed by atoms with Crippen molar-refractivity contribution >= 4 is 15.9 Å². The molecule has 0 aliphatic rings. The largest absolute Gasteiger partial charge is 0.456 e. The van der Waals surface area contributed by atoms with E-state index in [1.807, 2.05) is 42.5 Å². The molecule has 0 aromatic heterocycles. The van der Waals surface area contributed by atoms with E-state index in [1.54, 1.807) is 0 Å². The number of ether oxygens (including phenoxy) is 1. The van der Waals surface area contributed by atoms with Crippen LogP contribution in [0, 0.1) is 0 Å². The van der Waals surface area contributed by atoms with Crippen molar-refractivity contribution < 1.29 is 4.74 Å². The highest BCUT2D eigenvalue weighted by atomic mass is 79.9. The molecule has 2 aromatic carbocycles. The van der Waals surface area contributed by atoms with Crippen molar-refractivity contribution in [1.82, 2.24) is 5.32 Å². The Morgan fingerprint density at radius 2 is 1.68 bits per heavy atom. The lowest BCUT2D eigenvalue weighted by atomic mass is 10.1. The lowest BCUT2D eigenvalue weighted by molar-refractivity contribution is 0.460. The van der Waals surface area contributed by atoms with Crippen molar-refractivity contribution in [2.24, 2.45) is 0 Å². The van der Waals surface area contributed by atoms with Gasteiger partial charge < -0.3 is 10.1 Å². The first-order valence-corrected chi connectivity index (χ1v) is 7.26. The Morgan fingerprint density at radius 1 is 1.05 bits per heavy atom. The van der Waals surface area contributed by atoms with Gasteiger partial charge in [-0.15, -0.1) is 0 Å². The van der Waals surface area contributed by atoms with Crippen LogP contribution in [0.3, 0.4) is 0 Å². The van der Waals surface area contributed by atoms with Crippen LogP contribution in [-0.4, -0.2) is 6.54 Å². The number of rotatable bonds is 5. The molecular formula is C16H18BrNO. The van der Waals surface area contributed by atoms with Crippen LogP contribution < -0.4 is 10.1 Å². The van der Waals surface area contributed by atoms with E-state index in [0.717, 1.165) is 22.5 Å². The van der Waals surface area contributed by atoms with Gasteiger partial charge in [0.15, 0.2) is 0 Å². The number of benzene rings is 2. The summed E-state index contributed by atoms with van der Waals surface area (Å²) in [5.74, 6) is 1.72. The van der Waals surface area contributed by atoms with Crippen molar-refractivity contribution in [2.45, 2.75) is 19.9 Å². The molecule has 0 aliphatic heterocycles. The molecule has 0 saturated carbocycles. The van der Waals surface area contributed by atoms with Crippen LogP contribution >= 0.6 is 15.9 Å². The average Bonchev–Trinajstić information content (AvgIpc) is 2.42. The van der Waals surface area contributed by atoms with Crippen molar-refractivity contribution in [3.8, 4) is 11.5 Å². The van der Waals surface area contributed by atoms with Crippen molar-refractivity contribution in [3.05, 3.63) is 58.6 Å². The highest BCUT2D eigenvalue weighted by molar-refractivity contribution is 9.10. The van der Waals surface area contributed by atoms with E-state index < -0.39 is 0 Å². The maximum absolute atomic E-state index is 6.02. The molecule has 2 aromatic rings. The van der Waals surface area contributed by atoms with Gasteiger partial charge in [-0.25, -0.2) is 0 Å². The topological polar surface area (TPSA) is 21.3 Å². The van der Waals surface area contributed by atoms with Crippen LogP contribution in [-0.2, 0) is 0 Å². The lowest BCUT2D eigenvalue weighted by Crippen LogP contribution is -2.18. The van der Waals surface area contributed by atoms with E-state index in [2.05, 4.69) is 41.2 Å². The average molecular weight is 320 g/mol. The second-order valence-corrected chi connectivity index (χ2v) is 5.20. The summed E-state index contributed by atoms with van der Waals surface area (Å²) in [6, 6.07) is 16.3. The third-order valence-corrected chi connectivity index (χ3v) is 3.61. The number of hydrogen-bond donors (Lipinski definition) is 1. The minimum absolute atomic E-state index is 0.267. The first-order valence-electron chi connectivity index (χ1n) is 6.47. The van der Waals surface area contributed by atoms with Gasteiger partial charge in [-0.2, -0.15) is 0 Å². The Kier molecular flexibility index (Phi) is 5.00. The molecule has 0 fully saturated rings.